The summed E-state index contributed by atoms with van der Waals surface area (Å²) in [5, 5.41) is 9.66. The van der Waals surface area contributed by atoms with Gasteiger partial charge in [-0.25, -0.2) is 9.37 Å². The summed E-state index contributed by atoms with van der Waals surface area (Å²) in [6.07, 6.45) is 7.05. The van der Waals surface area contributed by atoms with E-state index < -0.39 is 0 Å². The SMILES string of the molecule is CN(C)CCCc1cc(F)cc(-c2cccc3[nH]c(-c4n[nH]c5cnc(-c6cncc(N7CC(N)C7)n6)cc45)cc23)c1. The number of nitrogens with two attached hydrogens (primary N) is 1. The van der Waals surface area contributed by atoms with Crippen LogP contribution in [0.2, 0.25) is 0 Å². The van der Waals surface area contributed by atoms with Crippen LogP contribution in [0.3, 0.4) is 0 Å². The van der Waals surface area contributed by atoms with E-state index in [0.29, 0.717) is 11.4 Å². The van der Waals surface area contributed by atoms with Gasteiger partial charge in [0.05, 0.1) is 35.5 Å². The number of pyridine rings is 1. The van der Waals surface area contributed by atoms with Gasteiger partial charge in [-0.15, -0.1) is 0 Å². The zero-order valence-electron chi connectivity index (χ0n) is 23.6. The van der Waals surface area contributed by atoms with Gasteiger partial charge in [0, 0.05) is 35.4 Å². The smallest absolute Gasteiger partial charge is 0.147 e. The van der Waals surface area contributed by atoms with Crippen LogP contribution in [0.25, 0.3) is 55.7 Å². The molecule has 1 fully saturated rings. The second-order valence-corrected chi connectivity index (χ2v) is 11.3. The van der Waals surface area contributed by atoms with E-state index in [-0.39, 0.29) is 11.9 Å². The minimum Gasteiger partial charge on any atom is -0.353 e. The normalized spacial score (nSPS) is 13.9. The van der Waals surface area contributed by atoms with Gasteiger partial charge in [-0.3, -0.25) is 15.1 Å². The van der Waals surface area contributed by atoms with Crippen LogP contribution in [0.15, 0.2) is 67.1 Å². The molecule has 0 amide bonds. The number of benzene rings is 2. The van der Waals surface area contributed by atoms with Gasteiger partial charge in [-0.1, -0.05) is 18.2 Å². The lowest BCUT2D eigenvalue weighted by molar-refractivity contribution is 0.400. The number of hydrogen-bond donors (Lipinski definition) is 3. The van der Waals surface area contributed by atoms with Crippen molar-refractivity contribution in [1.29, 1.82) is 0 Å². The molecule has 2 aromatic carbocycles. The Morgan fingerprint density at radius 2 is 1.88 bits per heavy atom. The number of rotatable bonds is 8. The Bertz CT molecular complexity index is 1900. The number of H-pyrrole nitrogens is 2. The molecule has 4 aromatic heterocycles. The number of fused-ring (bicyclic) bond motifs is 2. The van der Waals surface area contributed by atoms with E-state index in [1.54, 1.807) is 30.7 Å². The summed E-state index contributed by atoms with van der Waals surface area (Å²) in [5.41, 5.74) is 13.6. The van der Waals surface area contributed by atoms with E-state index in [4.69, 9.17) is 10.7 Å². The largest absolute Gasteiger partial charge is 0.353 e. The third-order valence-corrected chi connectivity index (χ3v) is 7.82. The average Bonchev–Trinajstić information content (AvgIpc) is 3.59. The highest BCUT2D eigenvalue weighted by atomic mass is 19.1. The number of halogens is 1. The molecule has 6 aromatic rings. The van der Waals surface area contributed by atoms with Gasteiger partial charge in [-0.2, -0.15) is 5.10 Å². The second-order valence-electron chi connectivity index (χ2n) is 11.3. The Morgan fingerprint density at radius 1 is 1.00 bits per heavy atom. The van der Waals surface area contributed by atoms with Gasteiger partial charge >= 0.3 is 0 Å². The topological polar surface area (TPSA) is 116 Å². The molecule has 10 heteroatoms. The molecule has 212 valence electrons. The van der Waals surface area contributed by atoms with Gasteiger partial charge in [-0.05, 0) is 80.5 Å². The van der Waals surface area contributed by atoms with Gasteiger partial charge < -0.3 is 20.5 Å². The molecule has 1 saturated heterocycles. The van der Waals surface area contributed by atoms with Crippen molar-refractivity contribution in [2.24, 2.45) is 5.73 Å². The van der Waals surface area contributed by atoms with Gasteiger partial charge in [0.25, 0.3) is 0 Å². The van der Waals surface area contributed by atoms with Crippen molar-refractivity contribution in [2.45, 2.75) is 18.9 Å². The number of aromatic nitrogens is 6. The molecule has 1 aliphatic heterocycles. The molecule has 42 heavy (non-hydrogen) atoms. The highest BCUT2D eigenvalue weighted by molar-refractivity contribution is 6.01. The van der Waals surface area contributed by atoms with Crippen LogP contribution < -0.4 is 10.6 Å². The van der Waals surface area contributed by atoms with Crippen LogP contribution in [-0.4, -0.2) is 74.8 Å². The monoisotopic (exact) mass is 561 g/mol. The number of nitrogens with zero attached hydrogens (tertiary/aromatic N) is 6. The third kappa shape index (κ3) is 4.99. The summed E-state index contributed by atoms with van der Waals surface area (Å²) in [6, 6.07) is 15.7. The van der Waals surface area contributed by atoms with Crippen molar-refractivity contribution in [3.63, 3.8) is 0 Å². The van der Waals surface area contributed by atoms with Crippen molar-refractivity contribution in [1.82, 2.24) is 35.0 Å². The van der Waals surface area contributed by atoms with Crippen molar-refractivity contribution in [3.8, 4) is 33.9 Å². The lowest BCUT2D eigenvalue weighted by Crippen LogP contribution is -2.56. The standard InChI is InChI=1S/C32H32FN9/c1-41(2)8-4-5-19-9-20(11-21(33)10-19)23-6-3-7-26-24(23)12-28(37-26)32-25-13-27(36-15-29(25)39-40-32)30-14-35-16-31(38-30)42-17-22(34)18-42/h3,6-7,9-16,22,37H,4-5,8,17-18,34H2,1-2H3,(H,39,40). The van der Waals surface area contributed by atoms with E-state index in [2.05, 4.69) is 61.2 Å². The highest BCUT2D eigenvalue weighted by Crippen LogP contribution is 2.35. The van der Waals surface area contributed by atoms with Gasteiger partial charge in [0.1, 0.15) is 23.0 Å². The minimum absolute atomic E-state index is 0.172. The molecule has 0 bridgehead atoms. The van der Waals surface area contributed by atoms with Crippen molar-refractivity contribution >= 4 is 27.6 Å². The fourth-order valence-electron chi connectivity index (χ4n) is 5.68. The summed E-state index contributed by atoms with van der Waals surface area (Å²) < 4.78 is 14.7. The molecule has 9 nitrogen and oxygen atoms in total. The lowest BCUT2D eigenvalue weighted by Gasteiger charge is -2.37. The first kappa shape index (κ1) is 26.2. The molecule has 0 atom stereocenters. The van der Waals surface area contributed by atoms with Crippen LogP contribution in [0.4, 0.5) is 10.2 Å². The first-order valence-electron chi connectivity index (χ1n) is 14.1. The fraction of sp³-hybridized carbons (Fsp3) is 0.250. The Hall–Kier alpha value is -4.67. The van der Waals surface area contributed by atoms with Crippen LogP contribution in [0.5, 0.6) is 0 Å². The molecule has 0 saturated carbocycles. The van der Waals surface area contributed by atoms with Crippen molar-refractivity contribution < 1.29 is 4.39 Å². The summed E-state index contributed by atoms with van der Waals surface area (Å²) in [4.78, 5) is 21.6. The van der Waals surface area contributed by atoms with Crippen LogP contribution in [0.1, 0.15) is 12.0 Å². The van der Waals surface area contributed by atoms with Crippen molar-refractivity contribution in [3.05, 3.63) is 78.5 Å². The number of aromatic amines is 2. The highest BCUT2D eigenvalue weighted by Gasteiger charge is 2.25. The zero-order valence-corrected chi connectivity index (χ0v) is 23.6. The number of nitrogens with one attached hydrogen (secondary N) is 2. The molecule has 5 heterocycles. The zero-order chi connectivity index (χ0) is 28.8. The molecule has 0 aliphatic carbocycles. The van der Waals surface area contributed by atoms with Gasteiger partial charge in [0.15, 0.2) is 0 Å². The maximum Gasteiger partial charge on any atom is 0.147 e. The van der Waals surface area contributed by atoms with Crippen LogP contribution >= 0.6 is 0 Å². The third-order valence-electron chi connectivity index (χ3n) is 7.82. The molecule has 0 unspecified atom stereocenters. The molecule has 0 radical (unpaired) electrons. The van der Waals surface area contributed by atoms with E-state index in [1.165, 1.54) is 0 Å². The van der Waals surface area contributed by atoms with E-state index >= 15 is 0 Å². The summed E-state index contributed by atoms with van der Waals surface area (Å²) in [7, 11) is 4.11. The fourth-order valence-corrected chi connectivity index (χ4v) is 5.68. The Labute approximate surface area is 242 Å². The molecular formula is C32H32FN9. The number of hydrogen-bond acceptors (Lipinski definition) is 7. The Morgan fingerprint density at radius 3 is 2.71 bits per heavy atom. The van der Waals surface area contributed by atoms with Gasteiger partial charge in [0.2, 0.25) is 0 Å². The minimum atomic E-state index is -0.220. The maximum atomic E-state index is 14.7. The molecular weight excluding hydrogens is 529 g/mol. The number of aryl methyl sites for hydroxylation is 1. The molecule has 0 spiro atoms. The van der Waals surface area contributed by atoms with E-state index in [0.717, 1.165) is 88.2 Å². The quantitative estimate of drug-likeness (QED) is 0.239. The number of anilines is 1. The first-order chi connectivity index (χ1) is 20.4. The predicted molar refractivity (Wildman–Crippen MR) is 165 cm³/mol. The van der Waals surface area contributed by atoms with Crippen molar-refractivity contribution in [2.75, 3.05) is 38.6 Å². The summed E-state index contributed by atoms with van der Waals surface area (Å²) in [6.45, 7) is 2.50. The average molecular weight is 562 g/mol. The Balaban J connectivity index is 1.24. The predicted octanol–water partition coefficient (Wildman–Crippen LogP) is 5.01. The first-order valence-corrected chi connectivity index (χ1v) is 14.1. The summed E-state index contributed by atoms with van der Waals surface area (Å²) in [5.74, 6) is 0.576. The van der Waals surface area contributed by atoms with E-state index in [9.17, 15) is 4.39 Å². The van der Waals surface area contributed by atoms with Crippen LogP contribution in [-0.2, 0) is 6.42 Å². The maximum absolute atomic E-state index is 14.7. The lowest BCUT2D eigenvalue weighted by atomic mass is 9.98. The molecule has 4 N–H and O–H groups in total. The molecule has 7 rings (SSSR count). The summed E-state index contributed by atoms with van der Waals surface area (Å²) >= 11 is 0. The second kappa shape index (κ2) is 10.6. The molecule has 1 aliphatic rings. The van der Waals surface area contributed by atoms with Crippen LogP contribution in [0, 0.1) is 5.82 Å². The Kier molecular flexibility index (Phi) is 6.64. The van der Waals surface area contributed by atoms with E-state index in [1.807, 2.05) is 24.3 Å².